The first-order chi connectivity index (χ1) is 5.70. The fourth-order valence-corrected chi connectivity index (χ4v) is 2.75. The summed E-state index contributed by atoms with van der Waals surface area (Å²) in [4.78, 5) is 3.80. The molecule has 62 valence electrons. The van der Waals surface area contributed by atoms with Gasteiger partial charge >= 0.3 is 89.1 Å². The molecular formula is C5Cl3N3Se. The topological polar surface area (TPSA) is 38.7 Å². The molecule has 0 N–H and O–H groups in total. The fraction of sp³-hybridized carbons (Fsp3) is 0. The maximum absolute atomic E-state index is 5.81. The molecule has 0 aliphatic heterocycles. The molecule has 0 aromatic carbocycles. The third-order valence-electron chi connectivity index (χ3n) is 1.27. The van der Waals surface area contributed by atoms with Crippen molar-refractivity contribution in [2.24, 2.45) is 0 Å². The van der Waals surface area contributed by atoms with Gasteiger partial charge in [-0.3, -0.25) is 0 Å². The average molecular weight is 287 g/mol. The first kappa shape index (κ1) is 8.73. The standard InChI is InChI=1S/C5Cl3N3Se/c6-1-2-3(11-12-10-2)5(8)9-4(1)7. The van der Waals surface area contributed by atoms with E-state index >= 15 is 0 Å². The van der Waals surface area contributed by atoms with Crippen molar-refractivity contribution in [3.05, 3.63) is 15.3 Å². The van der Waals surface area contributed by atoms with E-state index in [-0.39, 0.29) is 25.3 Å². The Kier molecular flexibility index (Phi) is 2.27. The molecule has 0 aliphatic carbocycles. The zero-order valence-corrected chi connectivity index (χ0v) is 9.36. The molecule has 2 aromatic heterocycles. The summed E-state index contributed by atoms with van der Waals surface area (Å²) >= 11 is 17.1. The van der Waals surface area contributed by atoms with Gasteiger partial charge in [0.2, 0.25) is 0 Å². The molecule has 0 aliphatic rings. The minimum absolute atomic E-state index is 0.165. The van der Waals surface area contributed by atoms with Crippen LogP contribution in [0.4, 0.5) is 0 Å². The predicted molar refractivity (Wildman–Crippen MR) is 49.3 cm³/mol. The van der Waals surface area contributed by atoms with E-state index in [0.717, 1.165) is 0 Å². The first-order valence-electron chi connectivity index (χ1n) is 2.83. The minimum atomic E-state index is -0.165. The molecule has 7 heteroatoms. The van der Waals surface area contributed by atoms with Gasteiger partial charge in [0.15, 0.2) is 0 Å². The molecule has 0 saturated heterocycles. The van der Waals surface area contributed by atoms with Crippen molar-refractivity contribution in [2.75, 3.05) is 0 Å². The van der Waals surface area contributed by atoms with Crippen LogP contribution in [0.2, 0.25) is 15.3 Å². The van der Waals surface area contributed by atoms with Crippen LogP contribution in [0.3, 0.4) is 0 Å². The van der Waals surface area contributed by atoms with Gasteiger partial charge < -0.3 is 0 Å². The molecule has 0 fully saturated rings. The Morgan fingerprint density at radius 3 is 2.33 bits per heavy atom. The van der Waals surface area contributed by atoms with Gasteiger partial charge in [0.1, 0.15) is 0 Å². The van der Waals surface area contributed by atoms with Crippen LogP contribution in [0.1, 0.15) is 0 Å². The van der Waals surface area contributed by atoms with Crippen molar-refractivity contribution in [2.45, 2.75) is 0 Å². The molecule has 0 unspecified atom stereocenters. The van der Waals surface area contributed by atoms with E-state index in [1.807, 2.05) is 0 Å². The van der Waals surface area contributed by atoms with Crippen LogP contribution >= 0.6 is 34.8 Å². The normalized spacial score (nSPS) is 10.9. The molecule has 12 heavy (non-hydrogen) atoms. The summed E-state index contributed by atoms with van der Waals surface area (Å²) in [7, 11) is 0. The maximum atomic E-state index is 5.81. The molecule has 0 spiro atoms. The van der Waals surface area contributed by atoms with Gasteiger partial charge in [0.05, 0.1) is 0 Å². The van der Waals surface area contributed by atoms with Gasteiger partial charge in [-0.1, -0.05) is 0 Å². The van der Waals surface area contributed by atoms with Crippen LogP contribution in [0.25, 0.3) is 11.0 Å². The molecule has 0 atom stereocenters. The average Bonchev–Trinajstić information content (AvgIpc) is 2.48. The number of hydrogen-bond acceptors (Lipinski definition) is 3. The Morgan fingerprint density at radius 2 is 1.58 bits per heavy atom. The monoisotopic (exact) mass is 287 g/mol. The summed E-state index contributed by atoms with van der Waals surface area (Å²) in [5.74, 6) is 0. The van der Waals surface area contributed by atoms with Crippen molar-refractivity contribution in [3.8, 4) is 0 Å². The Hall–Kier alpha value is 0.139. The first-order valence-corrected chi connectivity index (χ1v) is 5.49. The summed E-state index contributed by atoms with van der Waals surface area (Å²) < 4.78 is 8.13. The summed E-state index contributed by atoms with van der Waals surface area (Å²) in [6, 6.07) is 0. The van der Waals surface area contributed by atoms with Crippen LogP contribution in [-0.2, 0) is 0 Å². The van der Waals surface area contributed by atoms with Gasteiger partial charge in [-0.05, 0) is 0 Å². The van der Waals surface area contributed by atoms with E-state index in [9.17, 15) is 0 Å². The van der Waals surface area contributed by atoms with Gasteiger partial charge in [-0.15, -0.1) is 0 Å². The Morgan fingerprint density at radius 1 is 0.917 bits per heavy atom. The number of fused-ring (bicyclic) bond motifs is 1. The van der Waals surface area contributed by atoms with E-state index in [0.29, 0.717) is 16.1 Å². The van der Waals surface area contributed by atoms with Crippen LogP contribution in [0.15, 0.2) is 0 Å². The van der Waals surface area contributed by atoms with E-state index in [1.165, 1.54) is 0 Å². The SMILES string of the molecule is Clc1nc(Cl)c2n[se]nc2c1Cl. The summed E-state index contributed by atoms with van der Waals surface area (Å²) in [6.07, 6.45) is 0. The van der Waals surface area contributed by atoms with Crippen molar-refractivity contribution in [1.29, 1.82) is 0 Å². The summed E-state index contributed by atoms with van der Waals surface area (Å²) in [5, 5.41) is 0.777. The number of aromatic nitrogens is 3. The van der Waals surface area contributed by atoms with Gasteiger partial charge in [0, 0.05) is 0 Å². The van der Waals surface area contributed by atoms with Gasteiger partial charge in [-0.2, -0.15) is 0 Å². The van der Waals surface area contributed by atoms with Gasteiger partial charge in [0.25, 0.3) is 0 Å². The molecule has 0 radical (unpaired) electrons. The van der Waals surface area contributed by atoms with Crippen LogP contribution in [0.5, 0.6) is 0 Å². The van der Waals surface area contributed by atoms with E-state index in [4.69, 9.17) is 34.8 Å². The molecular weight excluding hydrogens is 287 g/mol. The molecule has 3 nitrogen and oxygen atoms in total. The fourth-order valence-electron chi connectivity index (χ4n) is 0.754. The van der Waals surface area contributed by atoms with Gasteiger partial charge in [-0.25, -0.2) is 0 Å². The second kappa shape index (κ2) is 3.13. The van der Waals surface area contributed by atoms with Crippen molar-refractivity contribution in [1.82, 2.24) is 12.9 Å². The molecule has 2 heterocycles. The van der Waals surface area contributed by atoms with E-state index in [2.05, 4.69) is 12.9 Å². The number of halogens is 3. The molecule has 2 rings (SSSR count). The second-order valence-electron chi connectivity index (χ2n) is 1.97. The van der Waals surface area contributed by atoms with Crippen molar-refractivity contribution in [3.63, 3.8) is 0 Å². The molecule has 0 bridgehead atoms. The predicted octanol–water partition coefficient (Wildman–Crippen LogP) is 2.04. The van der Waals surface area contributed by atoms with E-state index in [1.54, 1.807) is 0 Å². The quantitative estimate of drug-likeness (QED) is 0.550. The van der Waals surface area contributed by atoms with Crippen LogP contribution in [0, 0.1) is 0 Å². The molecule has 2 aromatic rings. The second-order valence-corrected chi connectivity index (χ2v) is 4.17. The third kappa shape index (κ3) is 1.24. The number of pyridine rings is 1. The zero-order valence-electron chi connectivity index (χ0n) is 5.38. The number of rotatable bonds is 0. The summed E-state index contributed by atoms with van der Waals surface area (Å²) in [5.41, 5.74) is 1.13. The van der Waals surface area contributed by atoms with Crippen LogP contribution in [-0.4, -0.2) is 27.9 Å². The molecule has 0 amide bonds. The third-order valence-corrected chi connectivity index (χ3v) is 3.37. The summed E-state index contributed by atoms with van der Waals surface area (Å²) in [6.45, 7) is 0. The zero-order chi connectivity index (χ0) is 8.72. The molecule has 0 saturated carbocycles. The van der Waals surface area contributed by atoms with Crippen LogP contribution < -0.4 is 0 Å². The van der Waals surface area contributed by atoms with Crippen molar-refractivity contribution < 1.29 is 0 Å². The van der Waals surface area contributed by atoms with E-state index < -0.39 is 0 Å². The number of nitrogens with zero attached hydrogens (tertiary/aromatic N) is 3. The van der Waals surface area contributed by atoms with Crippen molar-refractivity contribution >= 4 is 60.8 Å². The Labute approximate surface area is 88.9 Å². The Bertz CT molecular complexity index is 441. The number of hydrogen-bond donors (Lipinski definition) is 0. The Balaban J connectivity index is 2.97.